The number of thiophene rings is 1. The van der Waals surface area contributed by atoms with Crippen molar-refractivity contribution >= 4 is 39.0 Å². The molecule has 0 aliphatic carbocycles. The van der Waals surface area contributed by atoms with Gasteiger partial charge >= 0.3 is 0 Å². The summed E-state index contributed by atoms with van der Waals surface area (Å²) in [4.78, 5) is 18.5. The van der Waals surface area contributed by atoms with Gasteiger partial charge in [-0.2, -0.15) is 5.10 Å². The first-order chi connectivity index (χ1) is 17.4. The van der Waals surface area contributed by atoms with Gasteiger partial charge in [0.05, 0.1) is 39.4 Å². The minimum atomic E-state index is -0.707. The van der Waals surface area contributed by atoms with Crippen LogP contribution in [0.4, 0.5) is 5.69 Å². The summed E-state index contributed by atoms with van der Waals surface area (Å²) in [6.07, 6.45) is 4.58. The van der Waals surface area contributed by atoms with E-state index in [0.717, 1.165) is 60.8 Å². The third-order valence-electron chi connectivity index (χ3n) is 6.12. The number of aliphatic hydroxyl groups is 1. The van der Waals surface area contributed by atoms with Crippen LogP contribution in [0.2, 0.25) is 0 Å². The molecule has 0 spiro atoms. The number of fused-ring (bicyclic) bond motifs is 2. The molecule has 0 amide bonds. The Kier molecular flexibility index (Phi) is 5.31. The molecule has 36 heavy (non-hydrogen) atoms. The number of anilines is 1. The largest absolute Gasteiger partial charge is 0.373 e. The standard InChI is InChI=1S/C27H25N7OS/c1-27(2,3)26(35)30-16-11-15(13-28-14-16)18-6-7-20-24(32-18)25(34-33-20)21-12-17-19(31-21)8-9-29-23(17)22-5-4-10-36-22/h4-14,26,30-31,35H,1-3H3,(H,33,34). The van der Waals surface area contributed by atoms with E-state index >= 15 is 0 Å². The first-order valence-corrected chi connectivity index (χ1v) is 12.5. The molecule has 0 aliphatic rings. The molecule has 0 saturated carbocycles. The van der Waals surface area contributed by atoms with Gasteiger partial charge in [0.15, 0.2) is 0 Å². The fourth-order valence-electron chi connectivity index (χ4n) is 4.07. The predicted octanol–water partition coefficient (Wildman–Crippen LogP) is 6.07. The van der Waals surface area contributed by atoms with Crippen LogP contribution < -0.4 is 5.32 Å². The van der Waals surface area contributed by atoms with Gasteiger partial charge in [0, 0.05) is 34.3 Å². The highest BCUT2D eigenvalue weighted by Crippen LogP contribution is 2.34. The molecule has 6 aromatic rings. The fourth-order valence-corrected chi connectivity index (χ4v) is 4.81. The molecule has 0 radical (unpaired) electrons. The average molecular weight is 496 g/mol. The molecular weight excluding hydrogens is 470 g/mol. The first kappa shape index (κ1) is 22.4. The van der Waals surface area contributed by atoms with Crippen molar-refractivity contribution in [1.29, 1.82) is 0 Å². The summed E-state index contributed by atoms with van der Waals surface area (Å²) >= 11 is 1.67. The zero-order chi connectivity index (χ0) is 24.9. The summed E-state index contributed by atoms with van der Waals surface area (Å²) in [6, 6.07) is 14.0. The molecule has 8 nitrogen and oxygen atoms in total. The van der Waals surface area contributed by atoms with Gasteiger partial charge in [-0.1, -0.05) is 26.8 Å². The van der Waals surface area contributed by atoms with Crippen molar-refractivity contribution < 1.29 is 5.11 Å². The second-order valence-electron chi connectivity index (χ2n) is 9.82. The van der Waals surface area contributed by atoms with Crippen LogP contribution in [0.25, 0.3) is 55.2 Å². The summed E-state index contributed by atoms with van der Waals surface area (Å²) in [5.41, 5.74) is 7.19. The summed E-state index contributed by atoms with van der Waals surface area (Å²) < 4.78 is 0. The Labute approximate surface area is 211 Å². The summed E-state index contributed by atoms with van der Waals surface area (Å²) in [5.74, 6) is 0. The number of H-pyrrole nitrogens is 2. The van der Waals surface area contributed by atoms with Crippen molar-refractivity contribution in [3.05, 3.63) is 66.4 Å². The van der Waals surface area contributed by atoms with Crippen molar-refractivity contribution in [2.45, 2.75) is 27.0 Å². The van der Waals surface area contributed by atoms with Crippen molar-refractivity contribution in [2.75, 3.05) is 5.32 Å². The van der Waals surface area contributed by atoms with E-state index in [1.165, 1.54) is 0 Å². The number of pyridine rings is 3. The second kappa shape index (κ2) is 8.54. The van der Waals surface area contributed by atoms with Gasteiger partial charge in [-0.05, 0) is 41.8 Å². The van der Waals surface area contributed by atoms with Crippen molar-refractivity contribution in [2.24, 2.45) is 5.41 Å². The molecular formula is C27H25N7OS. The van der Waals surface area contributed by atoms with Crippen molar-refractivity contribution in [1.82, 2.24) is 30.1 Å². The maximum absolute atomic E-state index is 10.4. The molecule has 0 saturated heterocycles. The van der Waals surface area contributed by atoms with Crippen LogP contribution in [0.3, 0.4) is 0 Å². The van der Waals surface area contributed by atoms with E-state index in [0.29, 0.717) is 0 Å². The number of nitrogens with zero attached hydrogens (tertiary/aromatic N) is 4. The first-order valence-electron chi connectivity index (χ1n) is 11.6. The SMILES string of the molecule is CC(C)(C)C(O)Nc1cncc(-c2ccc3[nH]nc(-c4cc5c(-c6cccs6)nccc5[nH]4)c3n2)c1. The highest BCUT2D eigenvalue weighted by Gasteiger charge is 2.22. The maximum Gasteiger partial charge on any atom is 0.135 e. The zero-order valence-corrected chi connectivity index (χ0v) is 20.9. The van der Waals surface area contributed by atoms with E-state index in [1.807, 2.05) is 57.3 Å². The number of nitrogens with one attached hydrogen (secondary N) is 3. The lowest BCUT2D eigenvalue weighted by Gasteiger charge is -2.27. The molecule has 9 heteroatoms. The highest BCUT2D eigenvalue weighted by atomic mass is 32.1. The average Bonchev–Trinajstić information content (AvgIpc) is 3.62. The molecule has 0 aliphatic heterocycles. The molecule has 1 unspecified atom stereocenters. The van der Waals surface area contributed by atoms with Crippen LogP contribution in [0.15, 0.2) is 66.4 Å². The van der Waals surface area contributed by atoms with Gasteiger partial charge in [-0.15, -0.1) is 11.3 Å². The van der Waals surface area contributed by atoms with Gasteiger partial charge in [0.25, 0.3) is 0 Å². The van der Waals surface area contributed by atoms with Gasteiger partial charge in [-0.25, -0.2) is 4.98 Å². The Bertz CT molecular complexity index is 1680. The van der Waals surface area contributed by atoms with E-state index in [9.17, 15) is 5.11 Å². The van der Waals surface area contributed by atoms with E-state index in [1.54, 1.807) is 23.7 Å². The van der Waals surface area contributed by atoms with Gasteiger partial charge in [-0.3, -0.25) is 15.1 Å². The summed E-state index contributed by atoms with van der Waals surface area (Å²) in [6.45, 7) is 5.92. The number of hydrogen-bond acceptors (Lipinski definition) is 7. The zero-order valence-electron chi connectivity index (χ0n) is 20.1. The Hall–Kier alpha value is -4.08. The molecule has 4 N–H and O–H groups in total. The molecule has 6 heterocycles. The predicted molar refractivity (Wildman–Crippen MR) is 145 cm³/mol. The van der Waals surface area contributed by atoms with Crippen LogP contribution in [-0.4, -0.2) is 41.5 Å². The Balaban J connectivity index is 1.40. The van der Waals surface area contributed by atoms with E-state index < -0.39 is 6.23 Å². The van der Waals surface area contributed by atoms with Gasteiger partial charge in [0.2, 0.25) is 0 Å². The molecule has 1 atom stereocenters. The molecule has 180 valence electrons. The van der Waals surface area contributed by atoms with Crippen molar-refractivity contribution in [3.8, 4) is 33.2 Å². The third kappa shape index (κ3) is 4.02. The van der Waals surface area contributed by atoms with E-state index in [-0.39, 0.29) is 5.41 Å². The second-order valence-corrected chi connectivity index (χ2v) is 10.8. The normalized spacial score (nSPS) is 12.9. The van der Waals surface area contributed by atoms with Gasteiger partial charge < -0.3 is 15.4 Å². The number of aliphatic hydroxyl groups excluding tert-OH is 1. The third-order valence-corrected chi connectivity index (χ3v) is 7.00. The lowest BCUT2D eigenvalue weighted by molar-refractivity contribution is 0.0880. The Morgan fingerprint density at radius 1 is 1.03 bits per heavy atom. The highest BCUT2D eigenvalue weighted by molar-refractivity contribution is 7.13. The number of hydrogen-bond donors (Lipinski definition) is 4. The quantitative estimate of drug-likeness (QED) is 0.216. The van der Waals surface area contributed by atoms with Crippen LogP contribution in [-0.2, 0) is 0 Å². The van der Waals surface area contributed by atoms with E-state index in [4.69, 9.17) is 4.98 Å². The van der Waals surface area contributed by atoms with Crippen LogP contribution >= 0.6 is 11.3 Å². The fraction of sp³-hybridized carbons (Fsp3) is 0.185. The molecule has 0 fully saturated rings. The van der Waals surface area contributed by atoms with E-state index in [2.05, 4.69) is 48.0 Å². The topological polar surface area (TPSA) is 115 Å². The smallest absolute Gasteiger partial charge is 0.135 e. The monoisotopic (exact) mass is 495 g/mol. The van der Waals surface area contributed by atoms with Crippen LogP contribution in [0, 0.1) is 5.41 Å². The number of rotatable bonds is 5. The Morgan fingerprint density at radius 3 is 2.72 bits per heavy atom. The maximum atomic E-state index is 10.4. The number of aromatic amines is 2. The van der Waals surface area contributed by atoms with Crippen LogP contribution in [0.5, 0.6) is 0 Å². The lowest BCUT2D eigenvalue weighted by atomic mass is 9.94. The number of aromatic nitrogens is 6. The molecule has 0 aromatic carbocycles. The molecule has 0 bridgehead atoms. The molecule has 6 aromatic heterocycles. The summed E-state index contributed by atoms with van der Waals surface area (Å²) in [5, 5.41) is 24.3. The Morgan fingerprint density at radius 2 is 1.92 bits per heavy atom. The van der Waals surface area contributed by atoms with Gasteiger partial charge in [0.1, 0.15) is 17.4 Å². The minimum absolute atomic E-state index is 0.308. The summed E-state index contributed by atoms with van der Waals surface area (Å²) in [7, 11) is 0. The van der Waals surface area contributed by atoms with Crippen LogP contribution in [0.1, 0.15) is 20.8 Å². The molecule has 6 rings (SSSR count). The van der Waals surface area contributed by atoms with Crippen molar-refractivity contribution in [3.63, 3.8) is 0 Å². The lowest BCUT2D eigenvalue weighted by Crippen LogP contribution is -2.33. The minimum Gasteiger partial charge on any atom is -0.373 e.